The highest BCUT2D eigenvalue weighted by molar-refractivity contribution is 7.15. The molecule has 0 aliphatic carbocycles. The second-order valence-electron chi connectivity index (χ2n) is 5.83. The zero-order valence-electron chi connectivity index (χ0n) is 14.0. The molecule has 3 nitrogen and oxygen atoms in total. The van der Waals surface area contributed by atoms with Crippen molar-refractivity contribution in [3.8, 4) is 0 Å². The molecule has 0 saturated heterocycles. The van der Waals surface area contributed by atoms with Crippen molar-refractivity contribution in [3.63, 3.8) is 0 Å². The highest BCUT2D eigenvalue weighted by Crippen LogP contribution is 2.32. The molecule has 4 heteroatoms. The van der Waals surface area contributed by atoms with Gasteiger partial charge in [0.05, 0.1) is 5.69 Å². The van der Waals surface area contributed by atoms with Gasteiger partial charge in [-0.15, -0.1) is 11.3 Å². The van der Waals surface area contributed by atoms with Crippen LogP contribution in [-0.2, 0) is 6.54 Å². The van der Waals surface area contributed by atoms with Gasteiger partial charge in [0.2, 0.25) is 0 Å². The molecule has 20 heavy (non-hydrogen) atoms. The van der Waals surface area contributed by atoms with Crippen LogP contribution in [0.25, 0.3) is 0 Å². The lowest BCUT2D eigenvalue weighted by Gasteiger charge is -2.21. The highest BCUT2D eigenvalue weighted by Gasteiger charge is 2.19. The van der Waals surface area contributed by atoms with Crippen molar-refractivity contribution in [2.24, 2.45) is 5.92 Å². The summed E-state index contributed by atoms with van der Waals surface area (Å²) in [6, 6.07) is 0. The second kappa shape index (κ2) is 8.63. The lowest BCUT2D eigenvalue weighted by atomic mass is 10.0. The largest absolute Gasteiger partial charge is 0.348 e. The van der Waals surface area contributed by atoms with Crippen molar-refractivity contribution in [2.45, 2.75) is 60.4 Å². The van der Waals surface area contributed by atoms with Crippen molar-refractivity contribution >= 4 is 16.5 Å². The zero-order chi connectivity index (χ0) is 15.1. The summed E-state index contributed by atoms with van der Waals surface area (Å²) >= 11 is 1.87. The maximum atomic E-state index is 4.96. The Labute approximate surface area is 128 Å². The third kappa shape index (κ3) is 4.74. The van der Waals surface area contributed by atoms with E-state index in [1.165, 1.54) is 15.7 Å². The minimum Gasteiger partial charge on any atom is -0.348 e. The Morgan fingerprint density at radius 2 is 1.90 bits per heavy atom. The van der Waals surface area contributed by atoms with Crippen molar-refractivity contribution in [1.29, 1.82) is 0 Å². The van der Waals surface area contributed by atoms with Gasteiger partial charge in [0.1, 0.15) is 0 Å². The van der Waals surface area contributed by atoms with Gasteiger partial charge in [-0.1, -0.05) is 34.6 Å². The van der Waals surface area contributed by atoms with Crippen LogP contribution in [-0.4, -0.2) is 24.6 Å². The van der Waals surface area contributed by atoms with Gasteiger partial charge in [-0.05, 0) is 31.7 Å². The molecule has 1 heterocycles. The van der Waals surface area contributed by atoms with E-state index in [-0.39, 0.29) is 0 Å². The average Bonchev–Trinajstić information content (AvgIpc) is 2.85. The zero-order valence-corrected chi connectivity index (χ0v) is 14.8. The highest BCUT2D eigenvalue weighted by atomic mass is 32.1. The van der Waals surface area contributed by atoms with E-state index >= 15 is 0 Å². The molecule has 0 aliphatic rings. The number of anilines is 1. The molecule has 0 spiro atoms. The Balaban J connectivity index is 2.99. The molecule has 0 bridgehead atoms. The molecule has 1 aromatic rings. The topological polar surface area (TPSA) is 28.2 Å². The normalized spacial score (nSPS) is 12.9. The maximum absolute atomic E-state index is 4.96. The number of nitrogens with one attached hydrogen (secondary N) is 1. The van der Waals surface area contributed by atoms with Crippen LogP contribution in [0.2, 0.25) is 0 Å². The van der Waals surface area contributed by atoms with Gasteiger partial charge in [0.15, 0.2) is 5.13 Å². The van der Waals surface area contributed by atoms with Crippen LogP contribution in [0.15, 0.2) is 0 Å². The van der Waals surface area contributed by atoms with E-state index in [4.69, 9.17) is 4.98 Å². The molecule has 116 valence electrons. The standard InChI is InChI=1S/C16H31N3S/c1-7-13(6)15-14(10-17-8-2)20-16(18-15)19(9-3)11-12(4)5/h12-13,17H,7-11H2,1-6H3. The van der Waals surface area contributed by atoms with E-state index in [1.54, 1.807) is 0 Å². The first kappa shape index (κ1) is 17.4. The summed E-state index contributed by atoms with van der Waals surface area (Å²) in [4.78, 5) is 8.79. The molecule has 0 aromatic carbocycles. The number of hydrogen-bond donors (Lipinski definition) is 1. The molecular formula is C16H31N3S. The molecule has 0 radical (unpaired) electrons. The molecule has 1 rings (SSSR count). The molecule has 1 N–H and O–H groups in total. The molecular weight excluding hydrogens is 266 g/mol. The number of thiazole rings is 1. The van der Waals surface area contributed by atoms with Gasteiger partial charge in [-0.25, -0.2) is 4.98 Å². The number of rotatable bonds is 9. The monoisotopic (exact) mass is 297 g/mol. The first-order valence-electron chi connectivity index (χ1n) is 7.98. The predicted octanol–water partition coefficient (Wildman–Crippen LogP) is 4.25. The fraction of sp³-hybridized carbons (Fsp3) is 0.812. The third-order valence-electron chi connectivity index (χ3n) is 3.57. The Hall–Kier alpha value is -0.610. The summed E-state index contributed by atoms with van der Waals surface area (Å²) in [5.41, 5.74) is 1.30. The fourth-order valence-electron chi connectivity index (χ4n) is 2.21. The second-order valence-corrected chi connectivity index (χ2v) is 6.89. The van der Waals surface area contributed by atoms with Gasteiger partial charge in [-0.2, -0.15) is 0 Å². The Morgan fingerprint density at radius 3 is 2.40 bits per heavy atom. The summed E-state index contributed by atoms with van der Waals surface area (Å²) < 4.78 is 0. The van der Waals surface area contributed by atoms with E-state index in [0.29, 0.717) is 11.8 Å². The molecule has 1 atom stereocenters. The van der Waals surface area contributed by atoms with Gasteiger partial charge in [-0.3, -0.25) is 0 Å². The molecule has 1 aromatic heterocycles. The predicted molar refractivity (Wildman–Crippen MR) is 90.9 cm³/mol. The first-order valence-corrected chi connectivity index (χ1v) is 8.80. The first-order chi connectivity index (χ1) is 9.53. The molecule has 0 saturated carbocycles. The summed E-state index contributed by atoms with van der Waals surface area (Å²) in [6.45, 7) is 17.5. The van der Waals surface area contributed by atoms with Crippen molar-refractivity contribution < 1.29 is 0 Å². The third-order valence-corrected chi connectivity index (χ3v) is 4.70. The fourth-order valence-corrected chi connectivity index (χ4v) is 3.44. The van der Waals surface area contributed by atoms with Gasteiger partial charge in [0.25, 0.3) is 0 Å². The maximum Gasteiger partial charge on any atom is 0.185 e. The van der Waals surface area contributed by atoms with Crippen LogP contribution >= 0.6 is 11.3 Å². The minimum absolute atomic E-state index is 0.548. The van der Waals surface area contributed by atoms with E-state index < -0.39 is 0 Å². The summed E-state index contributed by atoms with van der Waals surface area (Å²) in [5, 5.41) is 4.65. The molecule has 0 amide bonds. The van der Waals surface area contributed by atoms with Crippen LogP contribution in [0.4, 0.5) is 5.13 Å². The van der Waals surface area contributed by atoms with E-state index in [2.05, 4.69) is 51.8 Å². The lowest BCUT2D eigenvalue weighted by Crippen LogP contribution is -2.27. The van der Waals surface area contributed by atoms with Crippen molar-refractivity contribution in [3.05, 3.63) is 10.6 Å². The molecule has 1 unspecified atom stereocenters. The van der Waals surface area contributed by atoms with E-state index in [0.717, 1.165) is 32.6 Å². The molecule has 0 aliphatic heterocycles. The average molecular weight is 298 g/mol. The van der Waals surface area contributed by atoms with Gasteiger partial charge in [0, 0.05) is 24.5 Å². The smallest absolute Gasteiger partial charge is 0.185 e. The van der Waals surface area contributed by atoms with E-state index in [9.17, 15) is 0 Å². The van der Waals surface area contributed by atoms with Crippen LogP contribution in [0.3, 0.4) is 0 Å². The SMILES string of the molecule is CCNCc1sc(N(CC)CC(C)C)nc1C(C)CC. The van der Waals surface area contributed by atoms with Gasteiger partial charge < -0.3 is 10.2 Å². The van der Waals surface area contributed by atoms with Crippen LogP contribution < -0.4 is 10.2 Å². The van der Waals surface area contributed by atoms with Crippen LogP contribution in [0.1, 0.15) is 64.5 Å². The lowest BCUT2D eigenvalue weighted by molar-refractivity contribution is 0.615. The minimum atomic E-state index is 0.548. The Morgan fingerprint density at radius 1 is 1.20 bits per heavy atom. The van der Waals surface area contributed by atoms with Gasteiger partial charge >= 0.3 is 0 Å². The summed E-state index contributed by atoms with van der Waals surface area (Å²) in [5.74, 6) is 1.22. The number of nitrogens with zero attached hydrogens (tertiary/aromatic N) is 2. The summed E-state index contributed by atoms with van der Waals surface area (Å²) in [7, 11) is 0. The Kier molecular flexibility index (Phi) is 7.52. The van der Waals surface area contributed by atoms with Crippen LogP contribution in [0, 0.1) is 5.92 Å². The Bertz CT molecular complexity index is 387. The number of hydrogen-bond acceptors (Lipinski definition) is 4. The van der Waals surface area contributed by atoms with E-state index in [1.807, 2.05) is 11.3 Å². The van der Waals surface area contributed by atoms with Crippen LogP contribution in [0.5, 0.6) is 0 Å². The van der Waals surface area contributed by atoms with Crippen molar-refractivity contribution in [1.82, 2.24) is 10.3 Å². The molecule has 0 fully saturated rings. The summed E-state index contributed by atoms with van der Waals surface area (Å²) in [6.07, 6.45) is 1.15. The number of aromatic nitrogens is 1. The van der Waals surface area contributed by atoms with Crippen molar-refractivity contribution in [2.75, 3.05) is 24.5 Å². The quantitative estimate of drug-likeness (QED) is 0.738.